The fourth-order valence-electron chi connectivity index (χ4n) is 3.83. The van der Waals surface area contributed by atoms with Crippen molar-refractivity contribution in [1.29, 1.82) is 0 Å². The summed E-state index contributed by atoms with van der Waals surface area (Å²) in [4.78, 5) is 25.6. The van der Waals surface area contributed by atoms with E-state index in [1.54, 1.807) is 19.1 Å². The Morgan fingerprint density at radius 1 is 1.30 bits per heavy atom. The molecule has 0 saturated carbocycles. The Morgan fingerprint density at radius 2 is 2.07 bits per heavy atom. The van der Waals surface area contributed by atoms with Crippen LogP contribution in [-0.4, -0.2) is 30.6 Å². The molecule has 3 rings (SSSR count). The van der Waals surface area contributed by atoms with E-state index in [4.69, 9.17) is 9.47 Å². The number of dihydropyridines is 1. The van der Waals surface area contributed by atoms with Crippen molar-refractivity contribution in [2.24, 2.45) is 0 Å². The third-order valence-corrected chi connectivity index (χ3v) is 5.05. The first-order valence-electron chi connectivity index (χ1n) is 9.32. The maximum Gasteiger partial charge on any atom is 0.336 e. The van der Waals surface area contributed by atoms with Gasteiger partial charge in [-0.2, -0.15) is 0 Å². The zero-order chi connectivity index (χ0) is 19.6. The number of Topliss-reactive ketones (excluding diaryl/α,β-unsaturated/α-hetero) is 1. The summed E-state index contributed by atoms with van der Waals surface area (Å²) in [6.45, 7) is 3.98. The van der Waals surface area contributed by atoms with Gasteiger partial charge in [0.25, 0.3) is 0 Å². The molecule has 1 aromatic rings. The van der Waals surface area contributed by atoms with E-state index < -0.39 is 11.9 Å². The number of aromatic hydroxyl groups is 1. The Balaban J connectivity index is 2.22. The van der Waals surface area contributed by atoms with Crippen molar-refractivity contribution in [3.8, 4) is 11.5 Å². The van der Waals surface area contributed by atoms with E-state index in [0.29, 0.717) is 29.7 Å². The molecule has 6 heteroatoms. The van der Waals surface area contributed by atoms with Crippen molar-refractivity contribution in [2.45, 2.75) is 45.4 Å². The summed E-state index contributed by atoms with van der Waals surface area (Å²) >= 11 is 0. The number of hydrogen-bond donors (Lipinski definition) is 2. The Hall–Kier alpha value is -2.76. The number of carbonyl (C=O) groups excluding carboxylic acids is 2. The van der Waals surface area contributed by atoms with Crippen LogP contribution in [0.1, 0.15) is 51.0 Å². The number of rotatable bonds is 5. The number of carbonyl (C=O) groups is 2. The summed E-state index contributed by atoms with van der Waals surface area (Å²) in [5.74, 6) is -0.603. The molecule has 0 spiro atoms. The van der Waals surface area contributed by atoms with Crippen LogP contribution in [0.15, 0.2) is 40.7 Å². The van der Waals surface area contributed by atoms with Crippen LogP contribution in [0.25, 0.3) is 0 Å². The Bertz CT molecular complexity index is 837. The minimum absolute atomic E-state index is 0.0109. The summed E-state index contributed by atoms with van der Waals surface area (Å²) in [6, 6.07) is 4.94. The molecule has 1 aliphatic heterocycles. The molecule has 1 heterocycles. The van der Waals surface area contributed by atoms with Gasteiger partial charge in [0.2, 0.25) is 0 Å². The predicted molar refractivity (Wildman–Crippen MR) is 100 cm³/mol. The number of ether oxygens (including phenoxy) is 2. The summed E-state index contributed by atoms with van der Waals surface area (Å²) in [6.07, 6.45) is 2.64. The second-order valence-electron chi connectivity index (χ2n) is 6.62. The van der Waals surface area contributed by atoms with Crippen molar-refractivity contribution in [3.63, 3.8) is 0 Å². The largest absolute Gasteiger partial charge is 0.504 e. The van der Waals surface area contributed by atoms with Gasteiger partial charge in [0.05, 0.1) is 19.3 Å². The summed E-state index contributed by atoms with van der Waals surface area (Å²) in [7, 11) is 1.47. The van der Waals surface area contributed by atoms with E-state index in [1.807, 2.05) is 6.92 Å². The molecule has 2 aliphatic rings. The lowest BCUT2D eigenvalue weighted by Gasteiger charge is -2.35. The summed E-state index contributed by atoms with van der Waals surface area (Å²) < 4.78 is 10.5. The average Bonchev–Trinajstić information content (AvgIpc) is 2.67. The molecule has 1 aromatic carbocycles. The number of ketones is 1. The van der Waals surface area contributed by atoms with E-state index in [-0.39, 0.29) is 18.1 Å². The molecule has 1 aliphatic carbocycles. The van der Waals surface area contributed by atoms with Gasteiger partial charge in [0, 0.05) is 29.3 Å². The molecule has 0 unspecified atom stereocenters. The first kappa shape index (κ1) is 19.0. The molecule has 0 amide bonds. The lowest BCUT2D eigenvalue weighted by atomic mass is 9.75. The number of hydrogen-bond acceptors (Lipinski definition) is 6. The van der Waals surface area contributed by atoms with Gasteiger partial charge in [-0.05, 0) is 43.9 Å². The van der Waals surface area contributed by atoms with Gasteiger partial charge < -0.3 is 19.9 Å². The Kier molecular flexibility index (Phi) is 5.54. The van der Waals surface area contributed by atoms with Gasteiger partial charge >= 0.3 is 5.97 Å². The number of allylic oxidation sites excluding steroid dienone is 3. The third kappa shape index (κ3) is 3.44. The van der Waals surface area contributed by atoms with Crippen molar-refractivity contribution < 1.29 is 24.2 Å². The highest BCUT2D eigenvalue weighted by atomic mass is 16.5. The number of nitrogens with one attached hydrogen (secondary N) is 1. The van der Waals surface area contributed by atoms with Gasteiger partial charge in [0.15, 0.2) is 17.3 Å². The lowest BCUT2D eigenvalue weighted by molar-refractivity contribution is -0.138. The Morgan fingerprint density at radius 3 is 2.74 bits per heavy atom. The van der Waals surface area contributed by atoms with Gasteiger partial charge in [0.1, 0.15) is 0 Å². The molecule has 0 radical (unpaired) electrons. The van der Waals surface area contributed by atoms with E-state index in [0.717, 1.165) is 29.8 Å². The van der Waals surface area contributed by atoms with Crippen LogP contribution in [0, 0.1) is 0 Å². The molecule has 144 valence electrons. The SMILES string of the molecule is CCOC(=O)C1=C(CC)NC2=C(C(=O)CCC2)[C@@H]1c1ccc(O)c(OC)c1. The minimum Gasteiger partial charge on any atom is -0.504 e. The molecule has 0 aromatic heterocycles. The van der Waals surface area contributed by atoms with Crippen molar-refractivity contribution in [2.75, 3.05) is 13.7 Å². The second-order valence-corrected chi connectivity index (χ2v) is 6.62. The molecule has 0 bridgehead atoms. The molecular formula is C21H25NO5. The quantitative estimate of drug-likeness (QED) is 0.773. The third-order valence-electron chi connectivity index (χ3n) is 5.05. The summed E-state index contributed by atoms with van der Waals surface area (Å²) in [5, 5.41) is 13.3. The van der Waals surface area contributed by atoms with Crippen LogP contribution in [-0.2, 0) is 14.3 Å². The maximum absolute atomic E-state index is 12.8. The molecule has 0 saturated heterocycles. The lowest BCUT2D eigenvalue weighted by Crippen LogP contribution is -2.35. The fraction of sp³-hybridized carbons (Fsp3) is 0.429. The summed E-state index contributed by atoms with van der Waals surface area (Å²) in [5.41, 5.74) is 3.46. The highest BCUT2D eigenvalue weighted by molar-refractivity contribution is 6.03. The fourth-order valence-corrected chi connectivity index (χ4v) is 3.83. The van der Waals surface area contributed by atoms with Crippen molar-refractivity contribution >= 4 is 11.8 Å². The highest BCUT2D eigenvalue weighted by Crippen LogP contribution is 2.44. The van der Waals surface area contributed by atoms with Crippen LogP contribution in [0.4, 0.5) is 0 Å². The first-order chi connectivity index (χ1) is 13.0. The zero-order valence-corrected chi connectivity index (χ0v) is 15.9. The number of phenolic OH excluding ortho intramolecular Hbond substituents is 1. The smallest absolute Gasteiger partial charge is 0.336 e. The van der Waals surface area contributed by atoms with E-state index in [9.17, 15) is 14.7 Å². The number of methoxy groups -OCH3 is 1. The number of esters is 1. The molecule has 0 fully saturated rings. The van der Waals surface area contributed by atoms with E-state index >= 15 is 0 Å². The average molecular weight is 371 g/mol. The molecule has 6 nitrogen and oxygen atoms in total. The highest BCUT2D eigenvalue weighted by Gasteiger charge is 2.39. The van der Waals surface area contributed by atoms with Crippen LogP contribution >= 0.6 is 0 Å². The van der Waals surface area contributed by atoms with E-state index in [1.165, 1.54) is 13.2 Å². The number of phenols is 1. The first-order valence-corrected chi connectivity index (χ1v) is 9.32. The van der Waals surface area contributed by atoms with Crippen LogP contribution in [0.2, 0.25) is 0 Å². The second kappa shape index (κ2) is 7.86. The van der Waals surface area contributed by atoms with Crippen molar-refractivity contribution in [1.82, 2.24) is 5.32 Å². The van der Waals surface area contributed by atoms with Crippen LogP contribution in [0.3, 0.4) is 0 Å². The monoisotopic (exact) mass is 371 g/mol. The molecule has 27 heavy (non-hydrogen) atoms. The normalized spacial score (nSPS) is 19.5. The van der Waals surface area contributed by atoms with Gasteiger partial charge in [-0.1, -0.05) is 13.0 Å². The standard InChI is InChI=1S/C21H25NO5/c1-4-13-20(21(25)27-5-2)18(12-9-10-15(23)17(11-12)26-3)19-14(22-13)7-6-8-16(19)24/h9-11,18,22-23H,4-8H2,1-3H3/t18-/m0/s1. The topological polar surface area (TPSA) is 84.9 Å². The number of benzene rings is 1. The maximum atomic E-state index is 12.8. The van der Waals surface area contributed by atoms with E-state index in [2.05, 4.69) is 5.32 Å². The molecule has 2 N–H and O–H groups in total. The zero-order valence-electron chi connectivity index (χ0n) is 15.9. The molecular weight excluding hydrogens is 346 g/mol. The van der Waals surface area contributed by atoms with Gasteiger partial charge in [-0.3, -0.25) is 4.79 Å². The minimum atomic E-state index is -0.530. The van der Waals surface area contributed by atoms with Crippen molar-refractivity contribution in [3.05, 3.63) is 46.3 Å². The van der Waals surface area contributed by atoms with Gasteiger partial charge in [-0.15, -0.1) is 0 Å². The predicted octanol–water partition coefficient (Wildman–Crippen LogP) is 3.32. The van der Waals surface area contributed by atoms with Gasteiger partial charge in [-0.25, -0.2) is 4.79 Å². The Labute approximate surface area is 158 Å². The molecule has 1 atom stereocenters. The van der Waals surface area contributed by atoms with Crippen LogP contribution < -0.4 is 10.1 Å². The van der Waals surface area contributed by atoms with Crippen LogP contribution in [0.5, 0.6) is 11.5 Å².